The van der Waals surface area contributed by atoms with Crippen molar-refractivity contribution in [2.24, 2.45) is 34.6 Å². The molecule has 5 unspecified atom stereocenters. The summed E-state index contributed by atoms with van der Waals surface area (Å²) in [6.45, 7) is 0. The number of nitrogens with zero attached hydrogens (tertiary/aromatic N) is 2. The third-order valence-corrected chi connectivity index (χ3v) is 9.40. The fourth-order valence-electron chi connectivity index (χ4n) is 8.28. The Morgan fingerprint density at radius 2 is 1.79 bits per heavy atom. The van der Waals surface area contributed by atoms with Gasteiger partial charge < -0.3 is 21.1 Å². The Morgan fingerprint density at radius 1 is 1.09 bits per heavy atom. The van der Waals surface area contributed by atoms with Gasteiger partial charge in [-0.15, -0.1) is 0 Å². The second-order valence-electron chi connectivity index (χ2n) is 11.9. The van der Waals surface area contributed by atoms with Gasteiger partial charge in [-0.1, -0.05) is 30.3 Å². The first kappa shape index (κ1) is 22.1. The van der Waals surface area contributed by atoms with Gasteiger partial charge in [0.1, 0.15) is 17.7 Å². The molecular weight excluding hydrogens is 428 g/mol. The quantitative estimate of drug-likeness (QED) is 0.626. The second kappa shape index (κ2) is 7.79. The van der Waals surface area contributed by atoms with Crippen LogP contribution in [0.1, 0.15) is 56.9 Å². The SMILES string of the molecule is N#C[C@@H]1CC2CC2N1C(=O)[C@@H](N)C12CC3C[C@H](CC(OC(=O)[C@@H](N)Cc4ccccc4)(C3)C1)C2. The number of carbonyl (C=O) groups excluding carboxylic acids is 2. The van der Waals surface area contributed by atoms with Crippen LogP contribution in [0, 0.1) is 34.5 Å². The highest BCUT2D eigenvalue weighted by atomic mass is 16.6. The van der Waals surface area contributed by atoms with Crippen LogP contribution < -0.4 is 11.5 Å². The van der Waals surface area contributed by atoms with Gasteiger partial charge in [-0.2, -0.15) is 5.26 Å². The highest BCUT2D eigenvalue weighted by Gasteiger charge is 2.64. The molecule has 5 saturated carbocycles. The van der Waals surface area contributed by atoms with E-state index in [-0.39, 0.29) is 29.4 Å². The number of piperidine rings is 1. The first-order valence-electron chi connectivity index (χ1n) is 12.8. The van der Waals surface area contributed by atoms with E-state index in [1.54, 1.807) is 4.90 Å². The lowest BCUT2D eigenvalue weighted by Gasteiger charge is -2.62. The minimum atomic E-state index is -0.713. The minimum Gasteiger partial charge on any atom is -0.458 e. The third-order valence-electron chi connectivity index (χ3n) is 9.40. The largest absolute Gasteiger partial charge is 0.458 e. The van der Waals surface area contributed by atoms with Gasteiger partial charge >= 0.3 is 5.97 Å². The predicted octanol–water partition coefficient (Wildman–Crippen LogP) is 2.28. The molecule has 6 aliphatic rings. The van der Waals surface area contributed by atoms with E-state index < -0.39 is 17.7 Å². The maximum atomic E-state index is 13.6. The van der Waals surface area contributed by atoms with Crippen LogP contribution in [0.2, 0.25) is 0 Å². The number of esters is 1. The maximum absolute atomic E-state index is 13.6. The molecular formula is C27H34N4O3. The van der Waals surface area contributed by atoms with Crippen molar-refractivity contribution < 1.29 is 14.3 Å². The number of amides is 1. The van der Waals surface area contributed by atoms with E-state index in [2.05, 4.69) is 6.07 Å². The summed E-state index contributed by atoms with van der Waals surface area (Å²) in [7, 11) is 0. The molecule has 1 aromatic rings. The predicted molar refractivity (Wildman–Crippen MR) is 125 cm³/mol. The molecule has 0 spiro atoms. The average Bonchev–Trinajstić information content (AvgIpc) is 3.47. The van der Waals surface area contributed by atoms with Gasteiger partial charge in [0.2, 0.25) is 5.91 Å². The molecule has 7 rings (SSSR count). The van der Waals surface area contributed by atoms with E-state index in [0.29, 0.717) is 30.6 Å². The summed E-state index contributed by atoms with van der Waals surface area (Å²) in [5, 5.41) is 9.58. The van der Waals surface area contributed by atoms with E-state index >= 15 is 0 Å². The lowest BCUT2D eigenvalue weighted by molar-refractivity contribution is -0.207. The number of hydrogen-bond donors (Lipinski definition) is 2. The minimum absolute atomic E-state index is 0.0687. The van der Waals surface area contributed by atoms with Crippen molar-refractivity contribution in [1.29, 1.82) is 5.26 Å². The molecule has 7 heteroatoms. The molecule has 4 bridgehead atoms. The van der Waals surface area contributed by atoms with Crippen molar-refractivity contribution in [2.75, 3.05) is 0 Å². The standard InChI is InChI=1S/C27H34N4O3/c28-14-20-8-19-9-22(19)31(20)24(32)23(30)26-10-17-6-18(11-26)13-27(12-17,15-26)34-25(33)21(29)7-16-4-2-1-3-5-16/h1-5,17-23H,6-13,15,29-30H2/t17-,18?,19?,20-,21-,22?,23+,26?,27?/m0/s1. The number of hydrogen-bond acceptors (Lipinski definition) is 6. The molecule has 5 aliphatic carbocycles. The maximum Gasteiger partial charge on any atom is 0.323 e. The zero-order valence-electron chi connectivity index (χ0n) is 19.6. The second-order valence-corrected chi connectivity index (χ2v) is 11.9. The summed E-state index contributed by atoms with van der Waals surface area (Å²) in [6, 6.07) is 10.6. The van der Waals surface area contributed by atoms with Gasteiger partial charge in [0.25, 0.3) is 0 Å². The highest BCUT2D eigenvalue weighted by Crippen LogP contribution is 2.64. The Hall–Kier alpha value is -2.43. The summed E-state index contributed by atoms with van der Waals surface area (Å²) in [5.41, 5.74) is 13.1. The zero-order chi connectivity index (χ0) is 23.7. The number of fused-ring (bicyclic) bond motifs is 1. The van der Waals surface area contributed by atoms with Crippen LogP contribution in [0.25, 0.3) is 0 Å². The van der Waals surface area contributed by atoms with E-state index in [1.807, 2.05) is 30.3 Å². The first-order chi connectivity index (χ1) is 16.3. The van der Waals surface area contributed by atoms with Crippen molar-refractivity contribution >= 4 is 11.9 Å². The van der Waals surface area contributed by atoms with Crippen LogP contribution in [0.4, 0.5) is 0 Å². The van der Waals surface area contributed by atoms with Crippen LogP contribution in [0.5, 0.6) is 0 Å². The molecule has 34 heavy (non-hydrogen) atoms. The van der Waals surface area contributed by atoms with E-state index in [9.17, 15) is 14.9 Å². The van der Waals surface area contributed by atoms with Crippen molar-refractivity contribution in [3.63, 3.8) is 0 Å². The Balaban J connectivity index is 1.20. The van der Waals surface area contributed by atoms with Gasteiger partial charge in [-0.05, 0) is 86.5 Å². The van der Waals surface area contributed by atoms with Gasteiger partial charge in [-0.3, -0.25) is 9.59 Å². The fourth-order valence-corrected chi connectivity index (χ4v) is 8.28. The molecule has 180 valence electrons. The Bertz CT molecular complexity index is 1020. The molecule has 1 saturated heterocycles. The average molecular weight is 463 g/mol. The van der Waals surface area contributed by atoms with E-state index in [1.165, 1.54) is 0 Å². The molecule has 1 amide bonds. The molecule has 1 aliphatic heterocycles. The van der Waals surface area contributed by atoms with Gasteiger partial charge in [0.15, 0.2) is 0 Å². The summed E-state index contributed by atoms with van der Waals surface area (Å²) in [4.78, 5) is 28.5. The summed E-state index contributed by atoms with van der Waals surface area (Å²) >= 11 is 0. The first-order valence-corrected chi connectivity index (χ1v) is 12.8. The fraction of sp³-hybridized carbons (Fsp3) is 0.667. The van der Waals surface area contributed by atoms with Crippen LogP contribution in [-0.2, 0) is 20.7 Å². The van der Waals surface area contributed by atoms with Crippen molar-refractivity contribution in [3.8, 4) is 6.07 Å². The van der Waals surface area contributed by atoms with E-state index in [0.717, 1.165) is 50.5 Å². The van der Waals surface area contributed by atoms with Gasteiger partial charge in [-0.25, -0.2) is 0 Å². The summed E-state index contributed by atoms with van der Waals surface area (Å²) in [6.07, 6.45) is 7.45. The third kappa shape index (κ3) is 3.54. The van der Waals surface area contributed by atoms with E-state index in [4.69, 9.17) is 16.2 Å². The summed E-state index contributed by atoms with van der Waals surface area (Å²) < 4.78 is 6.24. The lowest BCUT2D eigenvalue weighted by atomic mass is 9.46. The number of benzene rings is 1. The number of carbonyl (C=O) groups is 2. The van der Waals surface area contributed by atoms with Crippen molar-refractivity contribution in [3.05, 3.63) is 35.9 Å². The Morgan fingerprint density at radius 3 is 2.47 bits per heavy atom. The number of rotatable bonds is 6. The molecule has 6 fully saturated rings. The number of ether oxygens (including phenoxy) is 1. The monoisotopic (exact) mass is 462 g/mol. The molecule has 0 aromatic heterocycles. The van der Waals surface area contributed by atoms with Crippen molar-refractivity contribution in [2.45, 2.75) is 87.6 Å². The van der Waals surface area contributed by atoms with Gasteiger partial charge in [0, 0.05) is 6.04 Å². The molecule has 7 nitrogen and oxygen atoms in total. The van der Waals surface area contributed by atoms with Crippen LogP contribution >= 0.6 is 0 Å². The van der Waals surface area contributed by atoms with Crippen LogP contribution in [0.3, 0.4) is 0 Å². The normalized spacial score (nSPS) is 40.9. The molecule has 1 heterocycles. The van der Waals surface area contributed by atoms with Crippen molar-refractivity contribution in [1.82, 2.24) is 4.90 Å². The number of likely N-dealkylation sites (tertiary alicyclic amines) is 1. The molecule has 9 atom stereocenters. The number of nitriles is 1. The zero-order valence-corrected chi connectivity index (χ0v) is 19.6. The molecule has 1 aromatic carbocycles. The van der Waals surface area contributed by atoms with Gasteiger partial charge in [0.05, 0.1) is 12.1 Å². The lowest BCUT2D eigenvalue weighted by Crippen LogP contribution is -2.66. The molecule has 0 radical (unpaired) electrons. The topological polar surface area (TPSA) is 122 Å². The summed E-state index contributed by atoms with van der Waals surface area (Å²) in [5.74, 6) is 0.872. The molecule has 4 N–H and O–H groups in total. The Labute approximate surface area is 200 Å². The van der Waals surface area contributed by atoms with Crippen LogP contribution in [0.15, 0.2) is 30.3 Å². The number of nitrogens with two attached hydrogens (primary N) is 2. The smallest absolute Gasteiger partial charge is 0.323 e. The Kier molecular flexibility index (Phi) is 5.06. The highest BCUT2D eigenvalue weighted by molar-refractivity contribution is 5.84. The van der Waals surface area contributed by atoms with Crippen LogP contribution in [-0.4, -0.2) is 46.5 Å².